The molecule has 0 saturated heterocycles. The summed E-state index contributed by atoms with van der Waals surface area (Å²) in [5, 5.41) is 10.6. The van der Waals surface area contributed by atoms with E-state index in [2.05, 4.69) is 39.0 Å². The number of aliphatic hydroxyl groups is 1. The summed E-state index contributed by atoms with van der Waals surface area (Å²) in [6.45, 7) is 6.29. The van der Waals surface area contributed by atoms with Crippen LogP contribution in [-0.2, 0) is 4.74 Å². The zero-order valence-corrected chi connectivity index (χ0v) is 12.5. The standard InChI is InChI=1S/C17H26O2/c1-17(2,3)16(19-4)15(18)14-10-6-9-13(11-14)12-7-5-8-12/h6,9-12,15-16,18H,5,7-8H2,1-4H3. The molecule has 1 aliphatic rings. The first-order valence-electron chi connectivity index (χ1n) is 7.24. The van der Waals surface area contributed by atoms with Crippen LogP contribution in [0.15, 0.2) is 24.3 Å². The van der Waals surface area contributed by atoms with Crippen molar-refractivity contribution in [1.82, 2.24) is 0 Å². The van der Waals surface area contributed by atoms with E-state index < -0.39 is 6.10 Å². The third-order valence-electron chi connectivity index (χ3n) is 4.22. The summed E-state index contributed by atoms with van der Waals surface area (Å²) in [5.74, 6) is 0.697. The van der Waals surface area contributed by atoms with Crippen LogP contribution < -0.4 is 0 Å². The first kappa shape index (κ1) is 14.5. The number of methoxy groups -OCH3 is 1. The summed E-state index contributed by atoms with van der Waals surface area (Å²) in [6, 6.07) is 8.40. The highest BCUT2D eigenvalue weighted by Gasteiger charge is 2.32. The van der Waals surface area contributed by atoms with Crippen LogP contribution in [0.4, 0.5) is 0 Å². The fourth-order valence-electron chi connectivity index (χ4n) is 2.87. The number of hydrogen-bond donors (Lipinski definition) is 1. The van der Waals surface area contributed by atoms with E-state index in [-0.39, 0.29) is 11.5 Å². The highest BCUT2D eigenvalue weighted by Crippen LogP contribution is 2.38. The number of benzene rings is 1. The lowest BCUT2D eigenvalue weighted by Crippen LogP contribution is -2.34. The maximum Gasteiger partial charge on any atom is 0.106 e. The molecular weight excluding hydrogens is 236 g/mol. The third-order valence-corrected chi connectivity index (χ3v) is 4.22. The van der Waals surface area contributed by atoms with E-state index >= 15 is 0 Å². The van der Waals surface area contributed by atoms with Gasteiger partial charge in [-0.15, -0.1) is 0 Å². The van der Waals surface area contributed by atoms with Crippen molar-refractivity contribution in [2.75, 3.05) is 7.11 Å². The van der Waals surface area contributed by atoms with E-state index in [9.17, 15) is 5.11 Å². The van der Waals surface area contributed by atoms with Crippen LogP contribution in [0, 0.1) is 5.41 Å². The van der Waals surface area contributed by atoms with Gasteiger partial charge in [0, 0.05) is 7.11 Å². The van der Waals surface area contributed by atoms with Gasteiger partial charge in [0.1, 0.15) is 6.10 Å². The van der Waals surface area contributed by atoms with Gasteiger partial charge in [0.05, 0.1) is 6.10 Å². The Morgan fingerprint density at radius 1 is 1.26 bits per heavy atom. The molecular formula is C17H26O2. The van der Waals surface area contributed by atoms with Crippen LogP contribution in [-0.4, -0.2) is 18.3 Å². The summed E-state index contributed by atoms with van der Waals surface area (Å²) in [7, 11) is 1.68. The molecule has 1 aliphatic carbocycles. The predicted octanol–water partition coefficient (Wildman–Crippen LogP) is 4.05. The first-order chi connectivity index (χ1) is 8.93. The Bertz CT molecular complexity index is 416. The van der Waals surface area contributed by atoms with Crippen LogP contribution in [0.3, 0.4) is 0 Å². The number of rotatable bonds is 4. The molecule has 0 aromatic heterocycles. The molecule has 106 valence electrons. The third kappa shape index (κ3) is 3.18. The van der Waals surface area contributed by atoms with Crippen LogP contribution >= 0.6 is 0 Å². The lowest BCUT2D eigenvalue weighted by molar-refractivity contribution is -0.0724. The fraction of sp³-hybridized carbons (Fsp3) is 0.647. The molecule has 0 aliphatic heterocycles. The van der Waals surface area contributed by atoms with Gasteiger partial charge in [-0.1, -0.05) is 51.5 Å². The maximum absolute atomic E-state index is 10.6. The Morgan fingerprint density at radius 2 is 1.95 bits per heavy atom. The Balaban J connectivity index is 2.20. The molecule has 2 atom stereocenters. The van der Waals surface area contributed by atoms with Crippen LogP contribution in [0.5, 0.6) is 0 Å². The number of aliphatic hydroxyl groups excluding tert-OH is 1. The van der Waals surface area contributed by atoms with E-state index in [1.165, 1.54) is 24.8 Å². The molecule has 0 heterocycles. The average molecular weight is 262 g/mol. The summed E-state index contributed by atoms with van der Waals surface area (Å²) in [5.41, 5.74) is 2.26. The predicted molar refractivity (Wildman–Crippen MR) is 78.2 cm³/mol. The van der Waals surface area contributed by atoms with Gasteiger partial charge in [-0.25, -0.2) is 0 Å². The molecule has 1 aromatic rings. The Hall–Kier alpha value is -0.860. The second kappa shape index (κ2) is 5.64. The Morgan fingerprint density at radius 3 is 2.42 bits per heavy atom. The smallest absolute Gasteiger partial charge is 0.106 e. The second-order valence-electron chi connectivity index (χ2n) is 6.77. The van der Waals surface area contributed by atoms with E-state index in [0.717, 1.165) is 5.56 Å². The quantitative estimate of drug-likeness (QED) is 0.887. The largest absolute Gasteiger partial charge is 0.386 e. The van der Waals surface area contributed by atoms with Crippen molar-refractivity contribution in [2.45, 2.75) is 58.2 Å². The minimum absolute atomic E-state index is 0.0827. The van der Waals surface area contributed by atoms with E-state index in [4.69, 9.17) is 4.74 Å². The lowest BCUT2D eigenvalue weighted by atomic mass is 9.78. The van der Waals surface area contributed by atoms with Crippen molar-refractivity contribution in [1.29, 1.82) is 0 Å². The minimum atomic E-state index is -0.565. The van der Waals surface area contributed by atoms with Gasteiger partial charge in [-0.3, -0.25) is 0 Å². The summed E-state index contributed by atoms with van der Waals surface area (Å²) < 4.78 is 5.52. The lowest BCUT2D eigenvalue weighted by Gasteiger charge is -2.34. The monoisotopic (exact) mass is 262 g/mol. The van der Waals surface area contributed by atoms with Gasteiger partial charge in [-0.2, -0.15) is 0 Å². The van der Waals surface area contributed by atoms with Gasteiger partial charge in [0.2, 0.25) is 0 Å². The van der Waals surface area contributed by atoms with Crippen molar-refractivity contribution in [3.05, 3.63) is 35.4 Å². The van der Waals surface area contributed by atoms with Crippen molar-refractivity contribution in [3.8, 4) is 0 Å². The topological polar surface area (TPSA) is 29.5 Å². The van der Waals surface area contributed by atoms with Gasteiger partial charge < -0.3 is 9.84 Å². The zero-order chi connectivity index (χ0) is 14.0. The molecule has 0 amide bonds. The summed E-state index contributed by atoms with van der Waals surface area (Å²) in [6.07, 6.45) is 3.15. The Kier molecular flexibility index (Phi) is 4.32. The highest BCUT2D eigenvalue weighted by molar-refractivity contribution is 5.29. The molecule has 0 bridgehead atoms. The normalized spacial score (nSPS) is 19.8. The van der Waals surface area contributed by atoms with E-state index in [0.29, 0.717) is 5.92 Å². The number of ether oxygens (including phenoxy) is 1. The average Bonchev–Trinajstić information content (AvgIpc) is 2.26. The van der Waals surface area contributed by atoms with Crippen LogP contribution in [0.2, 0.25) is 0 Å². The highest BCUT2D eigenvalue weighted by atomic mass is 16.5. The number of hydrogen-bond acceptors (Lipinski definition) is 2. The molecule has 1 fully saturated rings. The van der Waals surface area contributed by atoms with E-state index in [1.54, 1.807) is 7.11 Å². The molecule has 0 radical (unpaired) electrons. The van der Waals surface area contributed by atoms with Crippen molar-refractivity contribution in [2.24, 2.45) is 5.41 Å². The molecule has 2 rings (SSSR count). The van der Waals surface area contributed by atoms with E-state index in [1.807, 2.05) is 6.07 Å². The molecule has 2 heteroatoms. The first-order valence-corrected chi connectivity index (χ1v) is 7.24. The second-order valence-corrected chi connectivity index (χ2v) is 6.77. The SMILES string of the molecule is COC(C(O)c1cccc(C2CCC2)c1)C(C)(C)C. The molecule has 0 spiro atoms. The molecule has 19 heavy (non-hydrogen) atoms. The van der Waals surface area contributed by atoms with Gasteiger partial charge in [0.15, 0.2) is 0 Å². The maximum atomic E-state index is 10.6. The zero-order valence-electron chi connectivity index (χ0n) is 12.5. The summed E-state index contributed by atoms with van der Waals surface area (Å²) >= 11 is 0. The van der Waals surface area contributed by atoms with Crippen molar-refractivity contribution >= 4 is 0 Å². The minimum Gasteiger partial charge on any atom is -0.386 e. The van der Waals surface area contributed by atoms with Gasteiger partial charge in [-0.05, 0) is 35.3 Å². The van der Waals surface area contributed by atoms with Crippen LogP contribution in [0.1, 0.15) is 63.2 Å². The molecule has 2 nitrogen and oxygen atoms in total. The van der Waals surface area contributed by atoms with Crippen LogP contribution in [0.25, 0.3) is 0 Å². The fourth-order valence-corrected chi connectivity index (χ4v) is 2.87. The molecule has 1 saturated carbocycles. The Labute approximate surface area is 116 Å². The van der Waals surface area contributed by atoms with Gasteiger partial charge in [0.25, 0.3) is 0 Å². The molecule has 1 N–H and O–H groups in total. The summed E-state index contributed by atoms with van der Waals surface area (Å²) in [4.78, 5) is 0. The molecule has 1 aromatic carbocycles. The van der Waals surface area contributed by atoms with Gasteiger partial charge >= 0.3 is 0 Å². The van der Waals surface area contributed by atoms with Crippen molar-refractivity contribution < 1.29 is 9.84 Å². The van der Waals surface area contributed by atoms with Crippen molar-refractivity contribution in [3.63, 3.8) is 0 Å². The molecule has 2 unspecified atom stereocenters.